The van der Waals surface area contributed by atoms with E-state index >= 15 is 0 Å². The summed E-state index contributed by atoms with van der Waals surface area (Å²) in [5.41, 5.74) is 4.92. The molecule has 0 aliphatic carbocycles. The third kappa shape index (κ3) is 7.98. The first-order valence-electron chi connectivity index (χ1n) is 7.19. The molecule has 0 spiro atoms. The summed E-state index contributed by atoms with van der Waals surface area (Å²) in [5, 5.41) is 3.20. The molecule has 0 fully saturated rings. The largest absolute Gasteiger partial charge is 0.368 e. The normalized spacial score (nSPS) is 14.4. The zero-order chi connectivity index (χ0) is 13.9. The van der Waals surface area contributed by atoms with E-state index in [0.29, 0.717) is 0 Å². The minimum absolute atomic E-state index is 0.236. The molecule has 0 aromatic heterocycles. The van der Waals surface area contributed by atoms with Crippen molar-refractivity contribution in [2.24, 2.45) is 5.73 Å². The van der Waals surface area contributed by atoms with Gasteiger partial charge in [-0.1, -0.05) is 33.1 Å². The van der Waals surface area contributed by atoms with Gasteiger partial charge in [-0.05, 0) is 44.2 Å². The van der Waals surface area contributed by atoms with Crippen molar-refractivity contribution in [3.8, 4) is 0 Å². The van der Waals surface area contributed by atoms with E-state index < -0.39 is 5.54 Å². The van der Waals surface area contributed by atoms with E-state index in [1.807, 2.05) is 25.6 Å². The first-order valence-corrected chi connectivity index (χ1v) is 8.35. The summed E-state index contributed by atoms with van der Waals surface area (Å²) in [5.74, 6) is 2.23. The van der Waals surface area contributed by atoms with Crippen LogP contribution >= 0.6 is 11.8 Å². The summed E-state index contributed by atoms with van der Waals surface area (Å²) >= 11 is 2.03. The van der Waals surface area contributed by atoms with E-state index in [2.05, 4.69) is 12.2 Å². The summed E-state index contributed by atoms with van der Waals surface area (Å²) in [6.07, 6.45) is 7.04. The molecule has 0 aliphatic rings. The quantitative estimate of drug-likeness (QED) is 0.538. The molecule has 0 radical (unpaired) electrons. The average Bonchev–Trinajstić information content (AvgIpc) is 2.33. The minimum Gasteiger partial charge on any atom is -0.368 e. The molecule has 1 unspecified atom stereocenters. The van der Waals surface area contributed by atoms with Crippen LogP contribution in [0.1, 0.15) is 59.3 Å². The lowest BCUT2D eigenvalue weighted by atomic mass is 9.94. The smallest absolute Gasteiger partial charge is 0.237 e. The van der Waals surface area contributed by atoms with Crippen molar-refractivity contribution in [3.63, 3.8) is 0 Å². The fourth-order valence-electron chi connectivity index (χ4n) is 1.93. The van der Waals surface area contributed by atoms with E-state index in [4.69, 9.17) is 5.73 Å². The van der Waals surface area contributed by atoms with Crippen LogP contribution in [-0.4, -0.2) is 29.5 Å². The Morgan fingerprint density at radius 2 is 1.78 bits per heavy atom. The molecule has 1 amide bonds. The van der Waals surface area contributed by atoms with Crippen molar-refractivity contribution in [3.05, 3.63) is 0 Å². The maximum Gasteiger partial charge on any atom is 0.237 e. The van der Waals surface area contributed by atoms with Gasteiger partial charge in [-0.3, -0.25) is 4.79 Å². The number of hydrogen-bond acceptors (Lipinski definition) is 3. The molecular weight excluding hydrogens is 244 g/mol. The molecule has 0 aromatic carbocycles. The summed E-state index contributed by atoms with van der Waals surface area (Å²) < 4.78 is 0. The molecule has 0 heterocycles. The van der Waals surface area contributed by atoms with E-state index in [1.165, 1.54) is 37.2 Å². The van der Waals surface area contributed by atoms with E-state index in [0.717, 1.165) is 19.4 Å². The lowest BCUT2D eigenvalue weighted by molar-refractivity contribution is -0.124. The molecule has 3 N–H and O–H groups in total. The predicted molar refractivity (Wildman–Crippen MR) is 82.0 cm³/mol. The van der Waals surface area contributed by atoms with Crippen LogP contribution in [0.3, 0.4) is 0 Å². The Hall–Kier alpha value is -0.220. The number of rotatable bonds is 12. The Kier molecular flexibility index (Phi) is 10.5. The van der Waals surface area contributed by atoms with Crippen molar-refractivity contribution >= 4 is 17.7 Å². The summed E-state index contributed by atoms with van der Waals surface area (Å²) in [4.78, 5) is 11.4. The molecular formula is C14H30N2OS. The monoisotopic (exact) mass is 274 g/mol. The number of hydrogen-bond donors (Lipinski definition) is 2. The number of amides is 1. The predicted octanol–water partition coefficient (Wildman–Crippen LogP) is 2.93. The topological polar surface area (TPSA) is 55.1 Å². The maximum atomic E-state index is 11.4. The van der Waals surface area contributed by atoms with Crippen LogP contribution in [0.2, 0.25) is 0 Å². The standard InChI is InChI=1S/C14H30N2OS/c1-4-6-8-11-18-12-9-7-10-14(3,13(15)17)16-5-2/h16H,4-12H2,1-3H3,(H2,15,17). The second kappa shape index (κ2) is 10.7. The van der Waals surface area contributed by atoms with Gasteiger partial charge in [0.1, 0.15) is 0 Å². The number of unbranched alkanes of at least 4 members (excludes halogenated alkanes) is 3. The van der Waals surface area contributed by atoms with Gasteiger partial charge in [-0.2, -0.15) is 11.8 Å². The third-order valence-corrected chi connectivity index (χ3v) is 4.37. The Balaban J connectivity index is 3.59. The van der Waals surface area contributed by atoms with Gasteiger partial charge < -0.3 is 11.1 Å². The number of nitrogens with two attached hydrogens (primary N) is 1. The molecule has 3 nitrogen and oxygen atoms in total. The molecule has 0 saturated carbocycles. The fraction of sp³-hybridized carbons (Fsp3) is 0.929. The highest BCUT2D eigenvalue weighted by atomic mass is 32.2. The maximum absolute atomic E-state index is 11.4. The van der Waals surface area contributed by atoms with Gasteiger partial charge in [-0.25, -0.2) is 0 Å². The van der Waals surface area contributed by atoms with Crippen molar-refractivity contribution in [2.75, 3.05) is 18.1 Å². The summed E-state index contributed by atoms with van der Waals surface area (Å²) in [6.45, 7) is 6.93. The van der Waals surface area contributed by atoms with E-state index in [-0.39, 0.29) is 5.91 Å². The lowest BCUT2D eigenvalue weighted by Gasteiger charge is -2.26. The van der Waals surface area contributed by atoms with Gasteiger partial charge in [0.25, 0.3) is 0 Å². The van der Waals surface area contributed by atoms with Crippen LogP contribution in [-0.2, 0) is 4.79 Å². The number of primary amides is 1. The van der Waals surface area contributed by atoms with Crippen LogP contribution in [0.15, 0.2) is 0 Å². The van der Waals surface area contributed by atoms with Crippen LogP contribution in [0.25, 0.3) is 0 Å². The van der Waals surface area contributed by atoms with Crippen molar-refractivity contribution < 1.29 is 4.79 Å². The van der Waals surface area contributed by atoms with Gasteiger partial charge >= 0.3 is 0 Å². The minimum atomic E-state index is -0.526. The number of thioether (sulfide) groups is 1. The van der Waals surface area contributed by atoms with Gasteiger partial charge in [0, 0.05) is 0 Å². The van der Waals surface area contributed by atoms with Crippen LogP contribution in [0.4, 0.5) is 0 Å². The second-order valence-electron chi connectivity index (χ2n) is 5.00. The Labute approximate surface area is 117 Å². The number of carbonyl (C=O) groups is 1. The molecule has 108 valence electrons. The zero-order valence-corrected chi connectivity index (χ0v) is 13.1. The number of nitrogens with one attached hydrogen (secondary N) is 1. The Bertz CT molecular complexity index is 224. The Morgan fingerprint density at radius 1 is 1.17 bits per heavy atom. The molecule has 1 atom stereocenters. The zero-order valence-electron chi connectivity index (χ0n) is 12.3. The fourth-order valence-corrected chi connectivity index (χ4v) is 2.95. The number of carbonyl (C=O) groups excluding carboxylic acids is 1. The molecule has 0 saturated heterocycles. The number of likely N-dealkylation sites (N-methyl/N-ethyl adjacent to an activating group) is 1. The highest BCUT2D eigenvalue weighted by molar-refractivity contribution is 7.99. The summed E-state index contributed by atoms with van der Waals surface area (Å²) in [7, 11) is 0. The van der Waals surface area contributed by atoms with Crippen molar-refractivity contribution in [2.45, 2.75) is 64.8 Å². The second-order valence-corrected chi connectivity index (χ2v) is 6.23. The molecule has 0 rings (SSSR count). The summed E-state index contributed by atoms with van der Waals surface area (Å²) in [6, 6.07) is 0. The van der Waals surface area contributed by atoms with Crippen LogP contribution < -0.4 is 11.1 Å². The molecule has 18 heavy (non-hydrogen) atoms. The molecule has 0 aromatic rings. The highest BCUT2D eigenvalue weighted by Gasteiger charge is 2.28. The molecule has 0 aliphatic heterocycles. The molecule has 0 bridgehead atoms. The average molecular weight is 274 g/mol. The first kappa shape index (κ1) is 17.8. The van der Waals surface area contributed by atoms with E-state index in [9.17, 15) is 4.79 Å². The first-order chi connectivity index (χ1) is 8.56. The molecule has 4 heteroatoms. The van der Waals surface area contributed by atoms with Gasteiger partial charge in [-0.15, -0.1) is 0 Å². The third-order valence-electron chi connectivity index (χ3n) is 3.22. The van der Waals surface area contributed by atoms with Crippen molar-refractivity contribution in [1.29, 1.82) is 0 Å². The van der Waals surface area contributed by atoms with Gasteiger partial charge in [0.2, 0.25) is 5.91 Å². The highest BCUT2D eigenvalue weighted by Crippen LogP contribution is 2.16. The van der Waals surface area contributed by atoms with Crippen LogP contribution in [0, 0.1) is 0 Å². The van der Waals surface area contributed by atoms with Gasteiger partial charge in [0.05, 0.1) is 5.54 Å². The van der Waals surface area contributed by atoms with Crippen LogP contribution in [0.5, 0.6) is 0 Å². The van der Waals surface area contributed by atoms with Crippen molar-refractivity contribution in [1.82, 2.24) is 5.32 Å². The van der Waals surface area contributed by atoms with E-state index in [1.54, 1.807) is 0 Å². The van der Waals surface area contributed by atoms with Gasteiger partial charge in [0.15, 0.2) is 0 Å². The Morgan fingerprint density at radius 3 is 2.28 bits per heavy atom. The SMILES string of the molecule is CCCCCSCCCCC(C)(NCC)C(N)=O. The lowest BCUT2D eigenvalue weighted by Crippen LogP contribution is -2.52.